The molecular formula is C8H7ClNO2S2+. The number of hydrogen-bond donors (Lipinski definition) is 1. The van der Waals surface area contributed by atoms with Gasteiger partial charge in [0.25, 0.3) is 4.83 Å². The van der Waals surface area contributed by atoms with Crippen LogP contribution in [0.4, 0.5) is 0 Å². The highest BCUT2D eigenvalue weighted by molar-refractivity contribution is 7.28. The van der Waals surface area contributed by atoms with Gasteiger partial charge < -0.3 is 5.11 Å². The Bertz CT molecular complexity index is 503. The fraction of sp³-hybridized carbons (Fsp3) is 0.250. The first-order valence-corrected chi connectivity index (χ1v) is 5.89. The molecule has 0 radical (unpaired) electrons. The molecule has 3 nitrogen and oxygen atoms in total. The van der Waals surface area contributed by atoms with E-state index in [2.05, 4.69) is 0 Å². The molecule has 0 amide bonds. The number of carboxylic acid groups (broad SMARTS) is 1. The van der Waals surface area contributed by atoms with E-state index >= 15 is 0 Å². The maximum atomic E-state index is 10.6. The molecule has 0 fully saturated rings. The molecule has 0 unspecified atom stereocenters. The quantitative estimate of drug-likeness (QED) is 0.829. The van der Waals surface area contributed by atoms with E-state index in [1.54, 1.807) is 15.9 Å². The van der Waals surface area contributed by atoms with Crippen molar-refractivity contribution >= 4 is 49.8 Å². The van der Waals surface area contributed by atoms with Crippen LogP contribution in [0, 0.1) is 6.92 Å². The predicted octanol–water partition coefficient (Wildman–Crippen LogP) is 2.30. The van der Waals surface area contributed by atoms with E-state index in [1.165, 1.54) is 11.3 Å². The number of carboxylic acids is 1. The number of carbonyl (C=O) groups is 1. The Balaban J connectivity index is 2.59. The van der Waals surface area contributed by atoms with Gasteiger partial charge in [-0.2, -0.15) is 4.57 Å². The second kappa shape index (κ2) is 3.49. The molecule has 74 valence electrons. The molecule has 1 N–H and O–H groups in total. The summed E-state index contributed by atoms with van der Waals surface area (Å²) in [5.74, 6) is -0.831. The van der Waals surface area contributed by atoms with Crippen molar-refractivity contribution in [3.8, 4) is 0 Å². The number of fused-ring (bicyclic) bond motifs is 1. The van der Waals surface area contributed by atoms with Crippen LogP contribution < -0.4 is 4.57 Å². The summed E-state index contributed by atoms with van der Waals surface area (Å²) in [6, 6.07) is 1.87. The molecule has 0 aromatic carbocycles. The lowest BCUT2D eigenvalue weighted by atomic mass is 10.5. The number of aromatic nitrogens is 1. The molecule has 2 aromatic rings. The molecule has 0 bridgehead atoms. The van der Waals surface area contributed by atoms with Crippen LogP contribution in [0.2, 0.25) is 4.34 Å². The minimum absolute atomic E-state index is 0.00265. The van der Waals surface area contributed by atoms with Crippen LogP contribution in [0.25, 0.3) is 9.53 Å². The first-order valence-electron chi connectivity index (χ1n) is 3.88. The van der Waals surface area contributed by atoms with Crippen molar-refractivity contribution in [1.82, 2.24) is 0 Å². The molecule has 0 saturated carbocycles. The van der Waals surface area contributed by atoms with Gasteiger partial charge in [0, 0.05) is 6.92 Å². The third-order valence-electron chi connectivity index (χ3n) is 1.83. The smallest absolute Gasteiger partial charge is 0.370 e. The van der Waals surface area contributed by atoms with Gasteiger partial charge in [-0.3, -0.25) is 0 Å². The molecule has 0 saturated heterocycles. The maximum Gasteiger partial charge on any atom is 0.370 e. The van der Waals surface area contributed by atoms with Gasteiger partial charge in [0.05, 0.1) is 0 Å². The van der Waals surface area contributed by atoms with Crippen LogP contribution in [0.3, 0.4) is 0 Å². The standard InChI is InChI=1S/C8H6ClNO2S2/c1-4-10(3-7(11)12)8-5(13-4)2-6(9)14-8/h2H,3H2,1H3/p+1. The van der Waals surface area contributed by atoms with E-state index in [9.17, 15) is 4.79 Å². The summed E-state index contributed by atoms with van der Waals surface area (Å²) in [6.07, 6.45) is 0. The number of nitrogens with zero attached hydrogens (tertiary/aromatic N) is 1. The molecule has 0 aliphatic carbocycles. The van der Waals surface area contributed by atoms with Crippen LogP contribution in [-0.2, 0) is 11.3 Å². The normalized spacial score (nSPS) is 11.0. The van der Waals surface area contributed by atoms with Crippen molar-refractivity contribution in [3.63, 3.8) is 0 Å². The molecule has 2 rings (SSSR count). The Hall–Kier alpha value is -0.650. The number of rotatable bonds is 2. The van der Waals surface area contributed by atoms with Crippen molar-refractivity contribution in [2.45, 2.75) is 13.5 Å². The Morgan fingerprint density at radius 2 is 2.36 bits per heavy atom. The average molecular weight is 249 g/mol. The zero-order chi connectivity index (χ0) is 10.3. The van der Waals surface area contributed by atoms with Gasteiger partial charge >= 0.3 is 5.97 Å². The number of aryl methyl sites for hydroxylation is 1. The molecule has 0 aliphatic heterocycles. The number of aliphatic carboxylic acids is 1. The molecule has 14 heavy (non-hydrogen) atoms. The number of thiophene rings is 1. The summed E-state index contributed by atoms with van der Waals surface area (Å²) in [5, 5.41) is 9.72. The van der Waals surface area contributed by atoms with Crippen molar-refractivity contribution in [2.24, 2.45) is 0 Å². The molecule has 2 aromatic heterocycles. The van der Waals surface area contributed by atoms with E-state index in [-0.39, 0.29) is 6.54 Å². The summed E-state index contributed by atoms with van der Waals surface area (Å²) in [7, 11) is 0. The summed E-state index contributed by atoms with van der Waals surface area (Å²) in [6.45, 7) is 1.91. The average Bonchev–Trinajstić information content (AvgIpc) is 2.51. The summed E-state index contributed by atoms with van der Waals surface area (Å²) >= 11 is 8.83. The topological polar surface area (TPSA) is 41.2 Å². The van der Waals surface area contributed by atoms with Crippen LogP contribution in [0.1, 0.15) is 5.01 Å². The number of halogens is 1. The van der Waals surface area contributed by atoms with Gasteiger partial charge in [0.1, 0.15) is 9.04 Å². The van der Waals surface area contributed by atoms with Crippen molar-refractivity contribution in [1.29, 1.82) is 0 Å². The Morgan fingerprint density at radius 1 is 1.64 bits per heavy atom. The largest absolute Gasteiger partial charge is 0.477 e. The van der Waals surface area contributed by atoms with E-state index < -0.39 is 5.97 Å². The Morgan fingerprint density at radius 3 is 3.00 bits per heavy atom. The minimum Gasteiger partial charge on any atom is -0.477 e. The van der Waals surface area contributed by atoms with Crippen molar-refractivity contribution < 1.29 is 14.5 Å². The second-order valence-electron chi connectivity index (χ2n) is 2.82. The van der Waals surface area contributed by atoms with Gasteiger partial charge in [-0.25, -0.2) is 4.79 Å². The molecule has 0 aliphatic rings. The first-order chi connectivity index (χ1) is 6.58. The first kappa shape index (κ1) is 9.89. The van der Waals surface area contributed by atoms with E-state index in [0.29, 0.717) is 4.34 Å². The SMILES string of the molecule is Cc1sc2cc(Cl)sc2[n+]1CC(=O)O. The van der Waals surface area contributed by atoms with Crippen molar-refractivity contribution in [3.05, 3.63) is 15.4 Å². The number of thiazole rings is 1. The van der Waals surface area contributed by atoms with Crippen LogP contribution in [0.5, 0.6) is 0 Å². The highest BCUT2D eigenvalue weighted by atomic mass is 35.5. The Kier molecular flexibility index (Phi) is 2.47. The van der Waals surface area contributed by atoms with Gasteiger partial charge in [-0.15, -0.1) is 0 Å². The highest BCUT2D eigenvalue weighted by Crippen LogP contribution is 2.31. The van der Waals surface area contributed by atoms with Crippen LogP contribution in [0.15, 0.2) is 6.07 Å². The van der Waals surface area contributed by atoms with Gasteiger partial charge in [-0.05, 0) is 6.07 Å². The summed E-state index contributed by atoms with van der Waals surface area (Å²) < 4.78 is 3.53. The second-order valence-corrected chi connectivity index (χ2v) is 5.72. The van der Waals surface area contributed by atoms with E-state index in [4.69, 9.17) is 16.7 Å². The Labute approximate surface area is 93.2 Å². The molecule has 0 spiro atoms. The molecule has 0 atom stereocenters. The minimum atomic E-state index is -0.831. The van der Waals surface area contributed by atoms with Crippen LogP contribution in [-0.4, -0.2) is 11.1 Å². The monoisotopic (exact) mass is 248 g/mol. The maximum absolute atomic E-state index is 10.6. The third kappa shape index (κ3) is 1.63. The zero-order valence-electron chi connectivity index (χ0n) is 7.28. The molecular weight excluding hydrogens is 242 g/mol. The molecule has 6 heteroatoms. The van der Waals surface area contributed by atoms with Crippen molar-refractivity contribution in [2.75, 3.05) is 0 Å². The lowest BCUT2D eigenvalue weighted by Crippen LogP contribution is -2.38. The lowest BCUT2D eigenvalue weighted by Gasteiger charge is -1.88. The van der Waals surface area contributed by atoms with E-state index in [0.717, 1.165) is 14.5 Å². The van der Waals surface area contributed by atoms with Crippen LogP contribution >= 0.6 is 34.3 Å². The summed E-state index contributed by atoms with van der Waals surface area (Å²) in [4.78, 5) is 11.6. The zero-order valence-corrected chi connectivity index (χ0v) is 9.67. The fourth-order valence-corrected chi connectivity index (χ4v) is 3.84. The fourth-order valence-electron chi connectivity index (χ4n) is 1.27. The third-order valence-corrected chi connectivity index (χ3v) is 4.29. The van der Waals surface area contributed by atoms with Gasteiger partial charge in [-0.1, -0.05) is 34.3 Å². The summed E-state index contributed by atoms with van der Waals surface area (Å²) in [5.41, 5.74) is 0. The van der Waals surface area contributed by atoms with Gasteiger partial charge in [0.15, 0.2) is 0 Å². The predicted molar refractivity (Wildman–Crippen MR) is 57.3 cm³/mol. The lowest BCUT2D eigenvalue weighted by molar-refractivity contribution is -0.659. The highest BCUT2D eigenvalue weighted by Gasteiger charge is 2.22. The number of hydrogen-bond acceptors (Lipinski definition) is 3. The van der Waals surface area contributed by atoms with Gasteiger partial charge in [0.2, 0.25) is 11.6 Å². The molecule has 2 heterocycles. The van der Waals surface area contributed by atoms with E-state index in [1.807, 2.05) is 13.0 Å².